The Morgan fingerprint density at radius 3 is 2.52 bits per heavy atom. The molecule has 0 radical (unpaired) electrons. The number of benzene rings is 1. The lowest BCUT2D eigenvalue weighted by molar-refractivity contribution is -0.125. The molecule has 0 saturated heterocycles. The summed E-state index contributed by atoms with van der Waals surface area (Å²) in [5.74, 6) is 0.912. The molecule has 0 heterocycles. The third-order valence-corrected chi connectivity index (χ3v) is 5.84. The summed E-state index contributed by atoms with van der Waals surface area (Å²) in [7, 11) is 0. The van der Waals surface area contributed by atoms with Crippen LogP contribution in [0.15, 0.2) is 35.9 Å². The third-order valence-electron chi connectivity index (χ3n) is 5.84. The zero-order valence-corrected chi connectivity index (χ0v) is 13.5. The normalized spacial score (nSPS) is 33.8. The molecule has 2 aliphatic carbocycles. The molecule has 1 aromatic rings. The fourth-order valence-electron chi connectivity index (χ4n) is 4.71. The molecule has 2 atom stereocenters. The van der Waals surface area contributed by atoms with Crippen LogP contribution in [0.1, 0.15) is 58.4 Å². The van der Waals surface area contributed by atoms with E-state index in [0.29, 0.717) is 22.5 Å². The van der Waals surface area contributed by atoms with Gasteiger partial charge in [-0.1, -0.05) is 57.5 Å². The van der Waals surface area contributed by atoms with Crippen LogP contribution in [0.3, 0.4) is 0 Å². The molecule has 0 spiro atoms. The molecule has 0 amide bonds. The molecule has 0 N–H and O–H groups in total. The lowest BCUT2D eigenvalue weighted by atomic mass is 9.51. The molecule has 2 aliphatic rings. The van der Waals surface area contributed by atoms with E-state index in [9.17, 15) is 4.79 Å². The molecule has 112 valence electrons. The van der Waals surface area contributed by atoms with Gasteiger partial charge in [-0.15, -0.1) is 0 Å². The standard InChI is InChI=1S/C20H26O/c1-19(2)10-7-11-20(3)14-16(17(21)13-18(19)20)12-15-8-5-4-6-9-15/h4-6,8-9,12,18H,7,10-11,13-14H2,1-3H3/b16-12-/t18-,20-/m1/s1. The predicted molar refractivity (Wildman–Crippen MR) is 87.9 cm³/mol. The minimum absolute atomic E-state index is 0.302. The van der Waals surface area contributed by atoms with Gasteiger partial charge in [0.1, 0.15) is 0 Å². The molecule has 0 unspecified atom stereocenters. The average Bonchev–Trinajstić information content (AvgIpc) is 2.42. The van der Waals surface area contributed by atoms with Crippen molar-refractivity contribution in [2.75, 3.05) is 0 Å². The van der Waals surface area contributed by atoms with E-state index < -0.39 is 0 Å². The number of rotatable bonds is 1. The van der Waals surface area contributed by atoms with E-state index in [0.717, 1.165) is 24.0 Å². The van der Waals surface area contributed by atoms with Crippen molar-refractivity contribution < 1.29 is 4.79 Å². The van der Waals surface area contributed by atoms with Crippen LogP contribution in [-0.2, 0) is 4.79 Å². The summed E-state index contributed by atoms with van der Waals surface area (Å²) in [6, 6.07) is 10.3. The van der Waals surface area contributed by atoms with Crippen LogP contribution in [0.2, 0.25) is 0 Å². The van der Waals surface area contributed by atoms with Gasteiger partial charge >= 0.3 is 0 Å². The molecule has 2 saturated carbocycles. The maximum atomic E-state index is 12.6. The first-order valence-electron chi connectivity index (χ1n) is 8.20. The highest BCUT2D eigenvalue weighted by Gasteiger charge is 2.50. The quantitative estimate of drug-likeness (QED) is 0.642. The zero-order chi connectivity index (χ0) is 15.1. The van der Waals surface area contributed by atoms with Gasteiger partial charge in [-0.3, -0.25) is 4.79 Å². The minimum Gasteiger partial charge on any atom is -0.295 e. The topological polar surface area (TPSA) is 17.1 Å². The molecule has 0 aromatic heterocycles. The molecule has 3 rings (SSSR count). The van der Waals surface area contributed by atoms with Crippen molar-refractivity contribution in [1.29, 1.82) is 0 Å². The van der Waals surface area contributed by atoms with Gasteiger partial charge in [-0.2, -0.15) is 0 Å². The average molecular weight is 282 g/mol. The van der Waals surface area contributed by atoms with Crippen molar-refractivity contribution in [1.82, 2.24) is 0 Å². The fraction of sp³-hybridized carbons (Fsp3) is 0.550. The second kappa shape index (κ2) is 5.12. The maximum Gasteiger partial charge on any atom is 0.159 e. The predicted octanol–water partition coefficient (Wildman–Crippen LogP) is 5.27. The molecule has 0 aliphatic heterocycles. The number of allylic oxidation sites excluding steroid dienone is 1. The molecule has 1 heteroatoms. The summed E-state index contributed by atoms with van der Waals surface area (Å²) in [6.07, 6.45) is 7.63. The van der Waals surface area contributed by atoms with Gasteiger partial charge < -0.3 is 0 Å². The third kappa shape index (κ3) is 2.71. The first-order chi connectivity index (χ1) is 9.91. The highest BCUT2D eigenvalue weighted by molar-refractivity contribution is 6.00. The van der Waals surface area contributed by atoms with Crippen LogP contribution in [0.25, 0.3) is 6.08 Å². The van der Waals surface area contributed by atoms with Crippen LogP contribution in [0, 0.1) is 16.7 Å². The summed E-state index contributed by atoms with van der Waals surface area (Å²) < 4.78 is 0. The van der Waals surface area contributed by atoms with Crippen molar-refractivity contribution >= 4 is 11.9 Å². The second-order valence-electron chi connectivity index (χ2n) is 7.93. The Kier molecular flexibility index (Phi) is 3.55. The number of carbonyl (C=O) groups excluding carboxylic acids is 1. The zero-order valence-electron chi connectivity index (χ0n) is 13.5. The minimum atomic E-state index is 0.302. The Balaban J connectivity index is 1.91. The van der Waals surface area contributed by atoms with Gasteiger partial charge in [0.15, 0.2) is 5.78 Å². The molecule has 1 aromatic carbocycles. The Labute approximate surface area is 128 Å². The van der Waals surface area contributed by atoms with Crippen molar-refractivity contribution in [2.24, 2.45) is 16.7 Å². The van der Waals surface area contributed by atoms with Gasteiger partial charge in [0, 0.05) is 6.42 Å². The number of carbonyl (C=O) groups is 1. The van der Waals surface area contributed by atoms with E-state index in [2.05, 4.69) is 39.0 Å². The van der Waals surface area contributed by atoms with Crippen molar-refractivity contribution in [2.45, 2.75) is 52.9 Å². The molecule has 21 heavy (non-hydrogen) atoms. The Morgan fingerprint density at radius 2 is 1.81 bits per heavy atom. The van der Waals surface area contributed by atoms with E-state index >= 15 is 0 Å². The molecular weight excluding hydrogens is 256 g/mol. The molecular formula is C20H26O. The molecule has 1 nitrogen and oxygen atoms in total. The first kappa shape index (κ1) is 14.6. The van der Waals surface area contributed by atoms with E-state index in [1.807, 2.05) is 18.2 Å². The van der Waals surface area contributed by atoms with Gasteiger partial charge in [0.2, 0.25) is 0 Å². The summed E-state index contributed by atoms with van der Waals surface area (Å²) in [5.41, 5.74) is 2.80. The number of ketones is 1. The lowest BCUT2D eigenvalue weighted by Crippen LogP contribution is -2.46. The number of Topliss-reactive ketones (excluding diaryl/α,β-unsaturated/α-hetero) is 1. The highest BCUT2D eigenvalue weighted by atomic mass is 16.1. The first-order valence-corrected chi connectivity index (χ1v) is 8.20. The highest BCUT2D eigenvalue weighted by Crippen LogP contribution is 2.57. The number of hydrogen-bond acceptors (Lipinski definition) is 1. The van der Waals surface area contributed by atoms with E-state index in [4.69, 9.17) is 0 Å². The number of fused-ring (bicyclic) bond motifs is 1. The largest absolute Gasteiger partial charge is 0.295 e. The molecule has 0 bridgehead atoms. The second-order valence-corrected chi connectivity index (χ2v) is 7.93. The molecule has 2 fully saturated rings. The summed E-state index contributed by atoms with van der Waals surface area (Å²) in [4.78, 5) is 12.6. The smallest absolute Gasteiger partial charge is 0.159 e. The van der Waals surface area contributed by atoms with Crippen molar-refractivity contribution in [3.05, 3.63) is 41.5 Å². The van der Waals surface area contributed by atoms with E-state index in [1.165, 1.54) is 19.3 Å². The van der Waals surface area contributed by atoms with Gasteiger partial charge in [-0.05, 0) is 53.2 Å². The van der Waals surface area contributed by atoms with Gasteiger partial charge in [0.05, 0.1) is 0 Å². The maximum absolute atomic E-state index is 12.6. The van der Waals surface area contributed by atoms with Gasteiger partial charge in [0.25, 0.3) is 0 Å². The van der Waals surface area contributed by atoms with E-state index in [1.54, 1.807) is 0 Å². The van der Waals surface area contributed by atoms with Crippen LogP contribution < -0.4 is 0 Å². The Hall–Kier alpha value is -1.37. The fourth-order valence-corrected chi connectivity index (χ4v) is 4.71. The SMILES string of the molecule is CC1(C)CCC[C@]2(C)C/C(=C/c3ccccc3)C(=O)C[C@H]12. The van der Waals surface area contributed by atoms with Crippen molar-refractivity contribution in [3.8, 4) is 0 Å². The Morgan fingerprint density at radius 1 is 1.10 bits per heavy atom. The number of hydrogen-bond donors (Lipinski definition) is 0. The Bertz CT molecular complexity index is 567. The summed E-state index contributed by atoms with van der Waals surface area (Å²) in [6.45, 7) is 7.12. The summed E-state index contributed by atoms with van der Waals surface area (Å²) >= 11 is 0. The lowest BCUT2D eigenvalue weighted by Gasteiger charge is -2.53. The van der Waals surface area contributed by atoms with Crippen LogP contribution in [-0.4, -0.2) is 5.78 Å². The van der Waals surface area contributed by atoms with Crippen LogP contribution in [0.5, 0.6) is 0 Å². The van der Waals surface area contributed by atoms with Gasteiger partial charge in [-0.25, -0.2) is 0 Å². The van der Waals surface area contributed by atoms with Crippen LogP contribution >= 0.6 is 0 Å². The van der Waals surface area contributed by atoms with Crippen LogP contribution in [0.4, 0.5) is 0 Å². The van der Waals surface area contributed by atoms with Crippen molar-refractivity contribution in [3.63, 3.8) is 0 Å². The van der Waals surface area contributed by atoms with E-state index in [-0.39, 0.29) is 0 Å². The monoisotopic (exact) mass is 282 g/mol. The summed E-state index contributed by atoms with van der Waals surface area (Å²) in [5, 5.41) is 0.